The highest BCUT2D eigenvalue weighted by Gasteiger charge is 2.38. The van der Waals surface area contributed by atoms with Crippen LogP contribution in [0, 0.1) is 17.2 Å². The predicted octanol–water partition coefficient (Wildman–Crippen LogP) is 0.926. The van der Waals surface area contributed by atoms with Crippen molar-refractivity contribution in [3.05, 3.63) is 0 Å². The van der Waals surface area contributed by atoms with Crippen molar-refractivity contribution in [2.24, 2.45) is 5.92 Å². The van der Waals surface area contributed by atoms with Gasteiger partial charge in [-0.15, -0.1) is 0 Å². The van der Waals surface area contributed by atoms with E-state index in [1.807, 2.05) is 6.92 Å². The van der Waals surface area contributed by atoms with E-state index in [-0.39, 0.29) is 24.0 Å². The van der Waals surface area contributed by atoms with Crippen LogP contribution in [0.2, 0.25) is 0 Å². The van der Waals surface area contributed by atoms with Gasteiger partial charge in [-0.3, -0.25) is 4.79 Å². The van der Waals surface area contributed by atoms with Crippen LogP contribution in [-0.4, -0.2) is 36.1 Å². The van der Waals surface area contributed by atoms with Crippen LogP contribution >= 0.6 is 0 Å². The first kappa shape index (κ1) is 10.4. The lowest BCUT2D eigenvalue weighted by Gasteiger charge is -2.24. The third-order valence-corrected chi connectivity index (χ3v) is 3.38. The smallest absolute Gasteiger partial charge is 0.229 e. The molecule has 2 heterocycles. The third-order valence-electron chi connectivity index (χ3n) is 3.38. The summed E-state index contributed by atoms with van der Waals surface area (Å²) in [6, 6.07) is 1.99. The molecule has 0 aromatic rings. The summed E-state index contributed by atoms with van der Waals surface area (Å²) in [4.78, 5) is 13.9. The van der Waals surface area contributed by atoms with Gasteiger partial charge in [-0.25, -0.2) is 0 Å². The number of rotatable bonds is 1. The second kappa shape index (κ2) is 4.19. The molecule has 4 heteroatoms. The molecule has 1 amide bonds. The van der Waals surface area contributed by atoms with Gasteiger partial charge in [-0.2, -0.15) is 5.26 Å². The molecule has 2 saturated heterocycles. The SMILES string of the molecule is CC1OCCC1C(=O)N1CCCC1C#N. The number of carbonyl (C=O) groups excluding carboxylic acids is 1. The van der Waals surface area contributed by atoms with Crippen molar-refractivity contribution in [3.63, 3.8) is 0 Å². The molecule has 2 rings (SSSR count). The maximum absolute atomic E-state index is 12.1. The molecule has 3 unspecified atom stereocenters. The number of hydrogen-bond acceptors (Lipinski definition) is 3. The van der Waals surface area contributed by atoms with Crippen LogP contribution in [0.4, 0.5) is 0 Å². The minimum absolute atomic E-state index is 0.0115. The Bertz CT molecular complexity index is 297. The van der Waals surface area contributed by atoms with Gasteiger partial charge in [-0.1, -0.05) is 0 Å². The molecule has 2 fully saturated rings. The van der Waals surface area contributed by atoms with Crippen LogP contribution in [0.1, 0.15) is 26.2 Å². The van der Waals surface area contributed by atoms with E-state index in [4.69, 9.17) is 10.00 Å². The molecule has 2 aliphatic rings. The van der Waals surface area contributed by atoms with Crippen LogP contribution in [0.15, 0.2) is 0 Å². The number of carbonyl (C=O) groups is 1. The molecule has 0 N–H and O–H groups in total. The van der Waals surface area contributed by atoms with E-state index in [0.717, 1.165) is 25.8 Å². The zero-order valence-corrected chi connectivity index (χ0v) is 8.98. The zero-order chi connectivity index (χ0) is 10.8. The average Bonchev–Trinajstić information content (AvgIpc) is 2.84. The predicted molar refractivity (Wildman–Crippen MR) is 53.9 cm³/mol. The van der Waals surface area contributed by atoms with Gasteiger partial charge >= 0.3 is 0 Å². The van der Waals surface area contributed by atoms with Crippen molar-refractivity contribution >= 4 is 5.91 Å². The molecule has 0 aliphatic carbocycles. The van der Waals surface area contributed by atoms with E-state index >= 15 is 0 Å². The molecule has 2 aliphatic heterocycles. The van der Waals surface area contributed by atoms with E-state index in [9.17, 15) is 4.79 Å². The standard InChI is InChI=1S/C11H16N2O2/c1-8-10(4-6-15-8)11(14)13-5-2-3-9(13)7-12/h8-10H,2-6H2,1H3. The Morgan fingerprint density at radius 1 is 1.53 bits per heavy atom. The van der Waals surface area contributed by atoms with Crippen molar-refractivity contribution in [2.45, 2.75) is 38.3 Å². The van der Waals surface area contributed by atoms with E-state index in [1.54, 1.807) is 4.90 Å². The van der Waals surface area contributed by atoms with E-state index in [2.05, 4.69) is 6.07 Å². The molecule has 0 bridgehead atoms. The molecule has 82 valence electrons. The van der Waals surface area contributed by atoms with E-state index in [1.165, 1.54) is 0 Å². The van der Waals surface area contributed by atoms with Gasteiger partial charge in [0.15, 0.2) is 0 Å². The van der Waals surface area contributed by atoms with Crippen LogP contribution in [0.5, 0.6) is 0 Å². The lowest BCUT2D eigenvalue weighted by molar-refractivity contribution is -0.136. The highest BCUT2D eigenvalue weighted by atomic mass is 16.5. The van der Waals surface area contributed by atoms with E-state index < -0.39 is 0 Å². The van der Waals surface area contributed by atoms with Crippen LogP contribution in [-0.2, 0) is 9.53 Å². The number of nitriles is 1. The number of amides is 1. The Labute approximate surface area is 89.8 Å². The minimum Gasteiger partial charge on any atom is -0.378 e. The summed E-state index contributed by atoms with van der Waals surface area (Å²) in [6.07, 6.45) is 2.59. The molecule has 0 aromatic carbocycles. The first-order valence-electron chi connectivity index (χ1n) is 5.55. The maximum Gasteiger partial charge on any atom is 0.229 e. The summed E-state index contributed by atoms with van der Waals surface area (Å²) in [5.41, 5.74) is 0. The fraction of sp³-hybridized carbons (Fsp3) is 0.818. The normalized spacial score (nSPS) is 35.5. The fourth-order valence-electron chi connectivity index (χ4n) is 2.43. The molecule has 3 atom stereocenters. The number of ether oxygens (including phenoxy) is 1. The molecule has 4 nitrogen and oxygen atoms in total. The molecule has 0 radical (unpaired) electrons. The lowest BCUT2D eigenvalue weighted by atomic mass is 10.0. The zero-order valence-electron chi connectivity index (χ0n) is 8.98. The topological polar surface area (TPSA) is 53.3 Å². The molecule has 0 spiro atoms. The summed E-state index contributed by atoms with van der Waals surface area (Å²) >= 11 is 0. The van der Waals surface area contributed by atoms with Gasteiger partial charge in [0.25, 0.3) is 0 Å². The molecular formula is C11H16N2O2. The second-order valence-electron chi connectivity index (χ2n) is 4.29. The second-order valence-corrected chi connectivity index (χ2v) is 4.29. The van der Waals surface area contributed by atoms with Gasteiger partial charge in [0.2, 0.25) is 5.91 Å². The monoisotopic (exact) mass is 208 g/mol. The Morgan fingerprint density at radius 3 is 2.93 bits per heavy atom. The third kappa shape index (κ3) is 1.84. The molecule has 0 saturated carbocycles. The Morgan fingerprint density at radius 2 is 2.33 bits per heavy atom. The number of hydrogen-bond donors (Lipinski definition) is 0. The van der Waals surface area contributed by atoms with Crippen molar-refractivity contribution in [2.75, 3.05) is 13.2 Å². The Kier molecular flexibility index (Phi) is 2.92. The van der Waals surface area contributed by atoms with Crippen molar-refractivity contribution in [3.8, 4) is 6.07 Å². The van der Waals surface area contributed by atoms with Gasteiger partial charge in [0.1, 0.15) is 6.04 Å². The average molecular weight is 208 g/mol. The van der Waals surface area contributed by atoms with E-state index in [0.29, 0.717) is 6.61 Å². The molecular weight excluding hydrogens is 192 g/mol. The minimum atomic E-state index is -0.203. The first-order chi connectivity index (χ1) is 7.24. The highest BCUT2D eigenvalue weighted by molar-refractivity contribution is 5.80. The van der Waals surface area contributed by atoms with Gasteiger partial charge in [0, 0.05) is 13.2 Å². The quantitative estimate of drug-likeness (QED) is 0.644. The summed E-state index contributed by atoms with van der Waals surface area (Å²) in [5, 5.41) is 8.92. The molecule has 0 aromatic heterocycles. The van der Waals surface area contributed by atoms with Crippen LogP contribution in [0.25, 0.3) is 0 Å². The summed E-state index contributed by atoms with van der Waals surface area (Å²) in [6.45, 7) is 3.34. The van der Waals surface area contributed by atoms with Crippen molar-refractivity contribution in [1.82, 2.24) is 4.90 Å². The van der Waals surface area contributed by atoms with Gasteiger partial charge in [-0.05, 0) is 26.2 Å². The summed E-state index contributed by atoms with van der Waals surface area (Å²) in [5.74, 6) is 0.0861. The number of likely N-dealkylation sites (tertiary alicyclic amines) is 1. The summed E-state index contributed by atoms with van der Waals surface area (Å²) < 4.78 is 5.38. The Hall–Kier alpha value is -1.08. The van der Waals surface area contributed by atoms with Gasteiger partial charge in [0.05, 0.1) is 18.1 Å². The van der Waals surface area contributed by atoms with Gasteiger partial charge < -0.3 is 9.64 Å². The maximum atomic E-state index is 12.1. The Balaban J connectivity index is 2.04. The fourth-order valence-corrected chi connectivity index (χ4v) is 2.43. The van der Waals surface area contributed by atoms with Crippen LogP contribution < -0.4 is 0 Å². The van der Waals surface area contributed by atoms with Crippen molar-refractivity contribution in [1.29, 1.82) is 5.26 Å². The van der Waals surface area contributed by atoms with Crippen LogP contribution in [0.3, 0.4) is 0 Å². The molecule has 15 heavy (non-hydrogen) atoms. The first-order valence-corrected chi connectivity index (χ1v) is 5.55. The van der Waals surface area contributed by atoms with Crippen molar-refractivity contribution < 1.29 is 9.53 Å². The summed E-state index contributed by atoms with van der Waals surface area (Å²) in [7, 11) is 0. The largest absolute Gasteiger partial charge is 0.378 e. The number of nitrogens with zero attached hydrogens (tertiary/aromatic N) is 2. The lowest BCUT2D eigenvalue weighted by Crippen LogP contribution is -2.41. The highest BCUT2D eigenvalue weighted by Crippen LogP contribution is 2.26.